The van der Waals surface area contributed by atoms with Crippen LogP contribution in [0.5, 0.6) is 0 Å². The molecule has 0 fully saturated rings. The Hall–Kier alpha value is -3.12. The van der Waals surface area contributed by atoms with Crippen LogP contribution in [0, 0.1) is 13.8 Å². The first-order valence-corrected chi connectivity index (χ1v) is 10.1. The summed E-state index contributed by atoms with van der Waals surface area (Å²) in [7, 11) is 0. The van der Waals surface area contributed by atoms with Crippen molar-refractivity contribution < 1.29 is 14.3 Å². The molecule has 0 spiro atoms. The molecule has 1 heterocycles. The van der Waals surface area contributed by atoms with Gasteiger partial charge < -0.3 is 9.64 Å². The molecule has 0 saturated carbocycles. The summed E-state index contributed by atoms with van der Waals surface area (Å²) in [6.45, 7) is 6.33. The molecular formula is C23H24ClN3O3. The minimum Gasteiger partial charge on any atom is -0.452 e. The van der Waals surface area contributed by atoms with Crippen LogP contribution in [0.2, 0.25) is 5.02 Å². The Balaban J connectivity index is 1.60. The Morgan fingerprint density at radius 1 is 1.07 bits per heavy atom. The highest BCUT2D eigenvalue weighted by Gasteiger charge is 2.16. The quantitative estimate of drug-likeness (QED) is 0.528. The number of esters is 1. The summed E-state index contributed by atoms with van der Waals surface area (Å²) >= 11 is 6.20. The Morgan fingerprint density at radius 2 is 1.73 bits per heavy atom. The molecule has 0 radical (unpaired) electrons. The number of carbonyl (C=O) groups excluding carboxylic acids is 2. The molecule has 156 valence electrons. The summed E-state index contributed by atoms with van der Waals surface area (Å²) in [6, 6.07) is 16.5. The van der Waals surface area contributed by atoms with Crippen LogP contribution in [-0.4, -0.2) is 39.7 Å². The van der Waals surface area contributed by atoms with Gasteiger partial charge in [0, 0.05) is 13.1 Å². The summed E-state index contributed by atoms with van der Waals surface area (Å²) in [6.07, 6.45) is 0. The number of hydrogen-bond donors (Lipinski definition) is 0. The number of halogens is 1. The van der Waals surface area contributed by atoms with E-state index in [1.54, 1.807) is 33.8 Å². The van der Waals surface area contributed by atoms with Crippen molar-refractivity contribution in [3.63, 3.8) is 0 Å². The SMILES string of the molecule is CCN(Cc1ccccc1)C(=O)COC(=O)c1ccc(-n2nc(C)c(Cl)c2C)cc1. The van der Waals surface area contributed by atoms with E-state index in [1.165, 1.54) is 0 Å². The molecular weight excluding hydrogens is 402 g/mol. The van der Waals surface area contributed by atoms with Gasteiger partial charge in [-0.05, 0) is 50.6 Å². The second-order valence-corrected chi connectivity index (χ2v) is 7.29. The summed E-state index contributed by atoms with van der Waals surface area (Å²) in [5, 5.41) is 5.01. The fourth-order valence-electron chi connectivity index (χ4n) is 3.10. The zero-order chi connectivity index (χ0) is 21.7. The van der Waals surface area contributed by atoms with Crippen LogP contribution in [0.1, 0.15) is 34.2 Å². The van der Waals surface area contributed by atoms with E-state index in [9.17, 15) is 9.59 Å². The average molecular weight is 426 g/mol. The first kappa shape index (κ1) is 21.6. The third-order valence-electron chi connectivity index (χ3n) is 4.83. The van der Waals surface area contributed by atoms with Crippen molar-refractivity contribution in [2.75, 3.05) is 13.2 Å². The van der Waals surface area contributed by atoms with E-state index in [0.717, 1.165) is 22.6 Å². The van der Waals surface area contributed by atoms with E-state index in [1.807, 2.05) is 51.1 Å². The largest absolute Gasteiger partial charge is 0.452 e. The first-order chi connectivity index (χ1) is 14.4. The van der Waals surface area contributed by atoms with Crippen molar-refractivity contribution >= 4 is 23.5 Å². The molecule has 0 unspecified atom stereocenters. The Morgan fingerprint density at radius 3 is 2.30 bits per heavy atom. The maximum atomic E-state index is 12.4. The standard InChI is InChI=1S/C23H24ClN3O3/c1-4-26(14-18-8-6-5-7-9-18)21(28)15-30-23(29)19-10-12-20(13-11-19)27-17(3)22(24)16(2)25-27/h5-13H,4,14-15H2,1-3H3. The molecule has 0 bridgehead atoms. The van der Waals surface area contributed by atoms with Gasteiger partial charge in [-0.2, -0.15) is 5.10 Å². The third kappa shape index (κ3) is 4.89. The molecule has 0 saturated heterocycles. The fourth-order valence-corrected chi connectivity index (χ4v) is 3.21. The van der Waals surface area contributed by atoms with E-state index in [0.29, 0.717) is 23.7 Å². The Bertz CT molecular complexity index is 1030. The van der Waals surface area contributed by atoms with Gasteiger partial charge in [0.15, 0.2) is 6.61 Å². The Labute approximate surface area is 181 Å². The van der Waals surface area contributed by atoms with Gasteiger partial charge in [-0.3, -0.25) is 4.79 Å². The first-order valence-electron chi connectivity index (χ1n) is 9.71. The van der Waals surface area contributed by atoms with Crippen LogP contribution in [0.15, 0.2) is 54.6 Å². The van der Waals surface area contributed by atoms with Crippen molar-refractivity contribution in [1.82, 2.24) is 14.7 Å². The van der Waals surface area contributed by atoms with Crippen LogP contribution in [0.4, 0.5) is 0 Å². The molecule has 30 heavy (non-hydrogen) atoms. The van der Waals surface area contributed by atoms with Gasteiger partial charge in [0.25, 0.3) is 5.91 Å². The van der Waals surface area contributed by atoms with Gasteiger partial charge in [0.2, 0.25) is 0 Å². The zero-order valence-electron chi connectivity index (χ0n) is 17.3. The van der Waals surface area contributed by atoms with E-state index in [2.05, 4.69) is 5.10 Å². The van der Waals surface area contributed by atoms with Gasteiger partial charge in [-0.15, -0.1) is 0 Å². The van der Waals surface area contributed by atoms with Crippen LogP contribution >= 0.6 is 11.6 Å². The topological polar surface area (TPSA) is 64.4 Å². The molecule has 2 aromatic carbocycles. The number of aryl methyl sites for hydroxylation is 1. The highest BCUT2D eigenvalue weighted by molar-refractivity contribution is 6.31. The number of nitrogens with zero attached hydrogens (tertiary/aromatic N) is 3. The smallest absolute Gasteiger partial charge is 0.338 e. The lowest BCUT2D eigenvalue weighted by molar-refractivity contribution is -0.134. The van der Waals surface area contributed by atoms with Crippen LogP contribution in [0.25, 0.3) is 5.69 Å². The van der Waals surface area contributed by atoms with Crippen molar-refractivity contribution in [2.45, 2.75) is 27.3 Å². The van der Waals surface area contributed by atoms with Gasteiger partial charge in [0.05, 0.1) is 27.7 Å². The molecule has 0 aliphatic rings. The molecule has 0 aliphatic carbocycles. The number of benzene rings is 2. The Kier molecular flexibility index (Phi) is 6.90. The fraction of sp³-hybridized carbons (Fsp3) is 0.261. The van der Waals surface area contributed by atoms with Crippen molar-refractivity contribution in [1.29, 1.82) is 0 Å². The van der Waals surface area contributed by atoms with E-state index < -0.39 is 5.97 Å². The molecule has 1 amide bonds. The number of ether oxygens (including phenoxy) is 1. The maximum absolute atomic E-state index is 12.4. The number of amides is 1. The van der Waals surface area contributed by atoms with E-state index in [-0.39, 0.29) is 12.5 Å². The molecule has 6 nitrogen and oxygen atoms in total. The molecule has 3 rings (SSSR count). The predicted molar refractivity (Wildman–Crippen MR) is 116 cm³/mol. The summed E-state index contributed by atoms with van der Waals surface area (Å²) in [5.74, 6) is -0.777. The highest BCUT2D eigenvalue weighted by atomic mass is 35.5. The number of likely N-dealkylation sites (N-methyl/N-ethyl adjacent to an activating group) is 1. The monoisotopic (exact) mass is 425 g/mol. The minimum absolute atomic E-state index is 0.233. The van der Waals surface area contributed by atoms with Crippen LogP contribution in [-0.2, 0) is 16.1 Å². The molecule has 3 aromatic rings. The zero-order valence-corrected chi connectivity index (χ0v) is 18.0. The van der Waals surface area contributed by atoms with Crippen LogP contribution in [0.3, 0.4) is 0 Å². The number of hydrogen-bond acceptors (Lipinski definition) is 4. The van der Waals surface area contributed by atoms with Crippen molar-refractivity contribution in [2.24, 2.45) is 0 Å². The lowest BCUT2D eigenvalue weighted by atomic mass is 10.2. The molecule has 0 atom stereocenters. The van der Waals surface area contributed by atoms with Gasteiger partial charge in [-0.1, -0.05) is 41.9 Å². The average Bonchev–Trinajstić information content (AvgIpc) is 3.03. The molecule has 1 aromatic heterocycles. The second-order valence-electron chi connectivity index (χ2n) is 6.91. The maximum Gasteiger partial charge on any atom is 0.338 e. The predicted octanol–water partition coefficient (Wildman–Crippen LogP) is 4.35. The second kappa shape index (κ2) is 9.59. The van der Waals surface area contributed by atoms with E-state index in [4.69, 9.17) is 16.3 Å². The van der Waals surface area contributed by atoms with Gasteiger partial charge in [0.1, 0.15) is 0 Å². The highest BCUT2D eigenvalue weighted by Crippen LogP contribution is 2.22. The van der Waals surface area contributed by atoms with Gasteiger partial charge >= 0.3 is 5.97 Å². The van der Waals surface area contributed by atoms with Gasteiger partial charge in [-0.25, -0.2) is 9.48 Å². The lowest BCUT2D eigenvalue weighted by Gasteiger charge is -2.20. The lowest BCUT2D eigenvalue weighted by Crippen LogP contribution is -2.34. The van der Waals surface area contributed by atoms with Crippen molar-refractivity contribution in [3.05, 3.63) is 82.1 Å². The summed E-state index contributed by atoms with van der Waals surface area (Å²) < 4.78 is 6.95. The molecule has 7 heteroatoms. The molecule has 0 aliphatic heterocycles. The van der Waals surface area contributed by atoms with Crippen LogP contribution < -0.4 is 0 Å². The molecule has 0 N–H and O–H groups in total. The number of rotatable bonds is 7. The summed E-state index contributed by atoms with van der Waals surface area (Å²) in [5.41, 5.74) is 3.75. The summed E-state index contributed by atoms with van der Waals surface area (Å²) in [4.78, 5) is 26.5. The van der Waals surface area contributed by atoms with E-state index >= 15 is 0 Å². The normalized spacial score (nSPS) is 10.7. The van der Waals surface area contributed by atoms with Crippen molar-refractivity contribution in [3.8, 4) is 5.69 Å². The third-order valence-corrected chi connectivity index (χ3v) is 5.38. The number of aromatic nitrogens is 2. The minimum atomic E-state index is -0.544. The number of carbonyl (C=O) groups is 2.